The topological polar surface area (TPSA) is 69.6 Å². The van der Waals surface area contributed by atoms with Crippen LogP contribution in [0.15, 0.2) is 0 Å². The van der Waals surface area contributed by atoms with E-state index in [4.69, 9.17) is 5.11 Å². The van der Waals surface area contributed by atoms with Gasteiger partial charge in [0.25, 0.3) is 0 Å². The highest BCUT2D eigenvalue weighted by atomic mass is 16.4. The first kappa shape index (κ1) is 16.3. The van der Waals surface area contributed by atoms with Gasteiger partial charge >= 0.3 is 5.97 Å². The van der Waals surface area contributed by atoms with E-state index in [0.717, 1.165) is 38.8 Å². The van der Waals surface area contributed by atoms with Gasteiger partial charge in [0.15, 0.2) is 0 Å². The molecule has 5 heteroatoms. The zero-order valence-electron chi connectivity index (χ0n) is 12.9. The number of carbonyl (C=O) groups is 2. The zero-order chi connectivity index (χ0) is 15.1. The van der Waals surface area contributed by atoms with Crippen LogP contribution in [0.1, 0.15) is 64.2 Å². The standard InChI is InChI=1S/C16H28N2O3/c19-15(9-7-13-5-1-3-11-17-13)18-12-4-2-6-14(18)8-10-16(20)21/h13-14,17H,1-12H2,(H,20,21). The fourth-order valence-electron chi connectivity index (χ4n) is 3.53. The third-order valence-corrected chi connectivity index (χ3v) is 4.76. The first-order chi connectivity index (χ1) is 10.2. The Morgan fingerprint density at radius 2 is 1.86 bits per heavy atom. The monoisotopic (exact) mass is 296 g/mol. The predicted octanol–water partition coefficient (Wildman–Crippen LogP) is 2.15. The summed E-state index contributed by atoms with van der Waals surface area (Å²) in [5.41, 5.74) is 0. The molecule has 2 N–H and O–H groups in total. The van der Waals surface area contributed by atoms with E-state index < -0.39 is 5.97 Å². The Hall–Kier alpha value is -1.10. The summed E-state index contributed by atoms with van der Waals surface area (Å²) in [6, 6.07) is 0.631. The van der Waals surface area contributed by atoms with E-state index in [0.29, 0.717) is 18.9 Å². The van der Waals surface area contributed by atoms with Crippen molar-refractivity contribution in [1.29, 1.82) is 0 Å². The van der Waals surface area contributed by atoms with Gasteiger partial charge in [0.2, 0.25) is 5.91 Å². The number of amides is 1. The minimum absolute atomic E-state index is 0.140. The molecule has 0 spiro atoms. The van der Waals surface area contributed by atoms with Crippen LogP contribution in [0.25, 0.3) is 0 Å². The summed E-state index contributed by atoms with van der Waals surface area (Å²) in [4.78, 5) is 25.1. The molecular formula is C16H28N2O3. The lowest BCUT2D eigenvalue weighted by atomic mass is 9.96. The number of hydrogen-bond acceptors (Lipinski definition) is 3. The predicted molar refractivity (Wildman–Crippen MR) is 81.1 cm³/mol. The van der Waals surface area contributed by atoms with Crippen molar-refractivity contribution in [3.63, 3.8) is 0 Å². The molecule has 0 saturated carbocycles. The Morgan fingerprint density at radius 3 is 2.57 bits per heavy atom. The average molecular weight is 296 g/mol. The van der Waals surface area contributed by atoms with Gasteiger partial charge in [-0.05, 0) is 51.5 Å². The van der Waals surface area contributed by atoms with E-state index in [9.17, 15) is 9.59 Å². The number of carboxylic acids is 1. The molecule has 2 saturated heterocycles. The van der Waals surface area contributed by atoms with Crippen LogP contribution in [0.4, 0.5) is 0 Å². The van der Waals surface area contributed by atoms with Crippen molar-refractivity contribution < 1.29 is 14.7 Å². The lowest BCUT2D eigenvalue weighted by Crippen LogP contribution is -2.44. The van der Waals surface area contributed by atoms with Gasteiger partial charge in [-0.3, -0.25) is 9.59 Å². The molecule has 1 amide bonds. The molecule has 5 nitrogen and oxygen atoms in total. The summed E-state index contributed by atoms with van der Waals surface area (Å²) >= 11 is 0. The summed E-state index contributed by atoms with van der Waals surface area (Å²) in [5.74, 6) is -0.545. The molecule has 0 aliphatic carbocycles. The Morgan fingerprint density at radius 1 is 1.05 bits per heavy atom. The van der Waals surface area contributed by atoms with Crippen molar-refractivity contribution in [3.05, 3.63) is 0 Å². The lowest BCUT2D eigenvalue weighted by Gasteiger charge is -2.36. The summed E-state index contributed by atoms with van der Waals surface area (Å²) in [5, 5.41) is 12.3. The van der Waals surface area contributed by atoms with Crippen LogP contribution < -0.4 is 5.32 Å². The molecule has 0 aromatic heterocycles. The quantitative estimate of drug-likeness (QED) is 0.788. The number of piperidine rings is 2. The second kappa shape index (κ2) is 8.37. The van der Waals surface area contributed by atoms with Gasteiger partial charge in [0.1, 0.15) is 0 Å². The van der Waals surface area contributed by atoms with E-state index >= 15 is 0 Å². The molecule has 2 aliphatic heterocycles. The van der Waals surface area contributed by atoms with E-state index in [1.807, 2.05) is 4.90 Å². The Kier molecular flexibility index (Phi) is 6.49. The van der Waals surface area contributed by atoms with Crippen molar-refractivity contribution in [2.45, 2.75) is 76.3 Å². The first-order valence-electron chi connectivity index (χ1n) is 8.41. The fraction of sp³-hybridized carbons (Fsp3) is 0.875. The maximum absolute atomic E-state index is 12.4. The second-order valence-corrected chi connectivity index (χ2v) is 6.35. The number of carboxylic acid groups (broad SMARTS) is 1. The van der Waals surface area contributed by atoms with E-state index in [1.54, 1.807) is 0 Å². The highest BCUT2D eigenvalue weighted by molar-refractivity contribution is 5.76. The van der Waals surface area contributed by atoms with E-state index in [2.05, 4.69) is 5.32 Å². The van der Waals surface area contributed by atoms with Crippen LogP contribution in [0.3, 0.4) is 0 Å². The second-order valence-electron chi connectivity index (χ2n) is 6.35. The van der Waals surface area contributed by atoms with Gasteiger partial charge in [-0.1, -0.05) is 6.42 Å². The summed E-state index contributed by atoms with van der Waals surface area (Å²) < 4.78 is 0. The van der Waals surface area contributed by atoms with Crippen molar-refractivity contribution in [3.8, 4) is 0 Å². The van der Waals surface area contributed by atoms with Gasteiger partial charge in [0.05, 0.1) is 0 Å². The van der Waals surface area contributed by atoms with Crippen molar-refractivity contribution in [1.82, 2.24) is 10.2 Å². The highest BCUT2D eigenvalue weighted by Crippen LogP contribution is 2.23. The van der Waals surface area contributed by atoms with Crippen molar-refractivity contribution in [2.75, 3.05) is 13.1 Å². The molecule has 21 heavy (non-hydrogen) atoms. The largest absolute Gasteiger partial charge is 0.481 e. The van der Waals surface area contributed by atoms with E-state index in [-0.39, 0.29) is 18.4 Å². The SMILES string of the molecule is O=C(O)CCC1CCCCN1C(=O)CCC1CCCCN1. The minimum atomic E-state index is -0.764. The number of nitrogens with one attached hydrogen (secondary N) is 1. The number of likely N-dealkylation sites (tertiary alicyclic amines) is 1. The Labute approximate surface area is 127 Å². The molecule has 2 rings (SSSR count). The molecule has 2 atom stereocenters. The third kappa shape index (κ3) is 5.30. The van der Waals surface area contributed by atoms with Crippen LogP contribution in [-0.2, 0) is 9.59 Å². The zero-order valence-corrected chi connectivity index (χ0v) is 12.9. The van der Waals surface area contributed by atoms with Crippen LogP contribution >= 0.6 is 0 Å². The summed E-state index contributed by atoms with van der Waals surface area (Å²) in [7, 11) is 0. The van der Waals surface area contributed by atoms with Crippen LogP contribution in [0.2, 0.25) is 0 Å². The summed E-state index contributed by atoms with van der Waals surface area (Å²) in [6.45, 7) is 1.88. The van der Waals surface area contributed by atoms with Gasteiger partial charge in [-0.2, -0.15) is 0 Å². The van der Waals surface area contributed by atoms with Crippen LogP contribution in [0, 0.1) is 0 Å². The van der Waals surface area contributed by atoms with Crippen molar-refractivity contribution in [2.24, 2.45) is 0 Å². The number of rotatable bonds is 6. The smallest absolute Gasteiger partial charge is 0.303 e. The number of carbonyl (C=O) groups excluding carboxylic acids is 1. The molecule has 2 unspecified atom stereocenters. The Bertz CT molecular complexity index is 353. The molecule has 2 aliphatic rings. The maximum Gasteiger partial charge on any atom is 0.303 e. The Balaban J connectivity index is 1.78. The van der Waals surface area contributed by atoms with Crippen LogP contribution in [-0.4, -0.2) is 47.1 Å². The number of hydrogen-bond donors (Lipinski definition) is 2. The van der Waals surface area contributed by atoms with Gasteiger partial charge in [-0.25, -0.2) is 0 Å². The average Bonchev–Trinajstić information content (AvgIpc) is 2.52. The molecule has 2 heterocycles. The molecule has 0 aromatic rings. The van der Waals surface area contributed by atoms with E-state index in [1.165, 1.54) is 19.3 Å². The lowest BCUT2D eigenvalue weighted by molar-refractivity contribution is -0.140. The summed E-state index contributed by atoms with van der Waals surface area (Å²) in [6.07, 6.45) is 9.08. The van der Waals surface area contributed by atoms with Crippen LogP contribution in [0.5, 0.6) is 0 Å². The normalized spacial score (nSPS) is 26.6. The first-order valence-corrected chi connectivity index (χ1v) is 8.41. The van der Waals surface area contributed by atoms with Gasteiger partial charge in [-0.15, -0.1) is 0 Å². The third-order valence-electron chi connectivity index (χ3n) is 4.76. The fourth-order valence-corrected chi connectivity index (χ4v) is 3.53. The van der Waals surface area contributed by atoms with Gasteiger partial charge in [0, 0.05) is 31.5 Å². The van der Waals surface area contributed by atoms with Crippen molar-refractivity contribution >= 4 is 11.9 Å². The highest BCUT2D eigenvalue weighted by Gasteiger charge is 2.27. The number of aliphatic carboxylic acids is 1. The molecule has 120 valence electrons. The van der Waals surface area contributed by atoms with Gasteiger partial charge < -0.3 is 15.3 Å². The molecular weight excluding hydrogens is 268 g/mol. The molecule has 0 radical (unpaired) electrons. The number of nitrogens with zero attached hydrogens (tertiary/aromatic N) is 1. The maximum atomic E-state index is 12.4. The molecule has 2 fully saturated rings. The molecule has 0 bridgehead atoms. The molecule has 0 aromatic carbocycles. The minimum Gasteiger partial charge on any atom is -0.481 e.